The number of aldehydes is 1. The first-order valence-corrected chi connectivity index (χ1v) is 10.6. The summed E-state index contributed by atoms with van der Waals surface area (Å²) in [7, 11) is -4.14. The Hall–Kier alpha value is -3.39. The average molecular weight is 468 g/mol. The molecule has 0 saturated carbocycles. The van der Waals surface area contributed by atoms with Gasteiger partial charge in [-0.15, -0.1) is 13.2 Å². The SMILES string of the molecule is O=C[C@H]1CN(c2cnc3cncnc3n2)CCN1S(=O)(=O)c1ccc(OC(F)(F)F)cc1. The number of nitrogens with zero attached hydrogens (tertiary/aromatic N) is 6. The van der Waals surface area contributed by atoms with Gasteiger partial charge in [-0.2, -0.15) is 4.31 Å². The van der Waals surface area contributed by atoms with Crippen LogP contribution in [0.25, 0.3) is 11.2 Å². The molecule has 1 aliphatic heterocycles. The number of halogens is 3. The quantitative estimate of drug-likeness (QED) is 0.512. The van der Waals surface area contributed by atoms with Crippen LogP contribution in [0.3, 0.4) is 0 Å². The molecule has 1 saturated heterocycles. The van der Waals surface area contributed by atoms with E-state index in [1.165, 1.54) is 18.7 Å². The molecule has 0 N–H and O–H groups in total. The fraction of sp³-hybridized carbons (Fsp3) is 0.278. The number of carbonyl (C=O) groups is 1. The summed E-state index contributed by atoms with van der Waals surface area (Å²) < 4.78 is 67.7. The number of fused-ring (bicyclic) bond motifs is 1. The largest absolute Gasteiger partial charge is 0.573 e. The second kappa shape index (κ2) is 8.27. The van der Waals surface area contributed by atoms with Crippen LogP contribution in [0.5, 0.6) is 5.75 Å². The van der Waals surface area contributed by atoms with Crippen molar-refractivity contribution >= 4 is 33.3 Å². The standard InChI is InChI=1S/C18H15F3N6O4S/c19-18(20,21)31-13-1-3-14(4-2-13)32(29,30)27-6-5-26(9-12(27)10-28)16-8-23-15-7-22-11-24-17(15)25-16/h1-4,7-8,10-12H,5-6,9H2/t12-/m1/s1. The van der Waals surface area contributed by atoms with Crippen LogP contribution in [0.4, 0.5) is 19.0 Å². The number of hydrogen-bond acceptors (Lipinski definition) is 9. The minimum atomic E-state index is -4.89. The van der Waals surface area contributed by atoms with Gasteiger partial charge in [0, 0.05) is 19.6 Å². The van der Waals surface area contributed by atoms with Gasteiger partial charge in [0.25, 0.3) is 0 Å². The Morgan fingerprint density at radius 2 is 1.84 bits per heavy atom. The summed E-state index contributed by atoms with van der Waals surface area (Å²) in [6.45, 7) is 0.184. The zero-order valence-corrected chi connectivity index (χ0v) is 17.0. The van der Waals surface area contributed by atoms with E-state index < -0.39 is 28.2 Å². The van der Waals surface area contributed by atoms with Crippen LogP contribution in [0.15, 0.2) is 47.9 Å². The van der Waals surface area contributed by atoms with Crippen molar-refractivity contribution in [2.24, 2.45) is 0 Å². The van der Waals surface area contributed by atoms with Crippen LogP contribution >= 0.6 is 0 Å². The number of anilines is 1. The topological polar surface area (TPSA) is 118 Å². The molecule has 0 radical (unpaired) electrons. The van der Waals surface area contributed by atoms with E-state index >= 15 is 0 Å². The van der Waals surface area contributed by atoms with Crippen LogP contribution in [0.2, 0.25) is 0 Å². The molecule has 32 heavy (non-hydrogen) atoms. The number of sulfonamides is 1. The van der Waals surface area contributed by atoms with E-state index in [4.69, 9.17) is 0 Å². The van der Waals surface area contributed by atoms with Gasteiger partial charge in [0.2, 0.25) is 10.0 Å². The summed E-state index contributed by atoms with van der Waals surface area (Å²) in [6.07, 6.45) is -0.0803. The van der Waals surface area contributed by atoms with Crippen LogP contribution in [0, 0.1) is 0 Å². The second-order valence-corrected chi connectivity index (χ2v) is 8.63. The predicted molar refractivity (Wildman–Crippen MR) is 104 cm³/mol. The number of carbonyl (C=O) groups excluding carboxylic acids is 1. The second-order valence-electron chi connectivity index (χ2n) is 6.74. The lowest BCUT2D eigenvalue weighted by Gasteiger charge is -2.38. The van der Waals surface area contributed by atoms with Crippen molar-refractivity contribution in [3.05, 3.63) is 43.0 Å². The maximum atomic E-state index is 13.0. The van der Waals surface area contributed by atoms with Gasteiger partial charge in [-0.05, 0) is 24.3 Å². The summed E-state index contributed by atoms with van der Waals surface area (Å²) in [5.74, 6) is -0.124. The van der Waals surface area contributed by atoms with E-state index in [0.29, 0.717) is 23.3 Å². The molecule has 3 heterocycles. The summed E-state index contributed by atoms with van der Waals surface area (Å²) in [4.78, 5) is 29.6. The van der Waals surface area contributed by atoms with Crippen molar-refractivity contribution in [1.82, 2.24) is 24.2 Å². The molecule has 14 heteroatoms. The lowest BCUT2D eigenvalue weighted by atomic mass is 10.2. The van der Waals surface area contributed by atoms with E-state index in [9.17, 15) is 26.4 Å². The summed E-state index contributed by atoms with van der Waals surface area (Å²) in [6, 6.07) is 2.76. The first-order valence-electron chi connectivity index (χ1n) is 9.18. The maximum Gasteiger partial charge on any atom is 0.573 e. The van der Waals surface area contributed by atoms with Gasteiger partial charge in [0.15, 0.2) is 5.65 Å². The van der Waals surface area contributed by atoms with Crippen LogP contribution in [-0.2, 0) is 14.8 Å². The molecule has 4 rings (SSSR count). The van der Waals surface area contributed by atoms with Gasteiger partial charge in [-0.25, -0.2) is 28.4 Å². The molecule has 0 aliphatic carbocycles. The highest BCUT2D eigenvalue weighted by molar-refractivity contribution is 7.89. The molecule has 0 unspecified atom stereocenters. The molecule has 168 valence electrons. The Balaban J connectivity index is 1.53. The Morgan fingerprint density at radius 3 is 2.53 bits per heavy atom. The molecular formula is C18H15F3N6O4S. The van der Waals surface area contributed by atoms with Crippen molar-refractivity contribution in [1.29, 1.82) is 0 Å². The number of alkyl halides is 3. The number of piperazine rings is 1. The van der Waals surface area contributed by atoms with Crippen molar-refractivity contribution in [3.63, 3.8) is 0 Å². The lowest BCUT2D eigenvalue weighted by molar-refractivity contribution is -0.274. The van der Waals surface area contributed by atoms with E-state index in [1.54, 1.807) is 4.90 Å². The van der Waals surface area contributed by atoms with Gasteiger partial charge in [0.05, 0.1) is 23.3 Å². The maximum absolute atomic E-state index is 13.0. The van der Waals surface area contributed by atoms with Crippen molar-refractivity contribution in [3.8, 4) is 5.75 Å². The zero-order valence-electron chi connectivity index (χ0n) is 16.2. The molecule has 0 amide bonds. The molecular weight excluding hydrogens is 453 g/mol. The minimum Gasteiger partial charge on any atom is -0.406 e. The number of ether oxygens (including phenoxy) is 1. The fourth-order valence-corrected chi connectivity index (χ4v) is 4.82. The van der Waals surface area contributed by atoms with Crippen LogP contribution in [-0.4, -0.2) is 71.0 Å². The molecule has 1 aliphatic rings. The zero-order chi connectivity index (χ0) is 22.9. The number of benzene rings is 1. The minimum absolute atomic E-state index is 0.0171. The monoisotopic (exact) mass is 468 g/mol. The van der Waals surface area contributed by atoms with Gasteiger partial charge in [-0.3, -0.25) is 0 Å². The highest BCUT2D eigenvalue weighted by atomic mass is 32.2. The molecule has 2 aromatic heterocycles. The van der Waals surface area contributed by atoms with E-state index in [-0.39, 0.29) is 24.5 Å². The summed E-state index contributed by atoms with van der Waals surface area (Å²) in [5, 5.41) is 0. The molecule has 0 spiro atoms. The Bertz CT molecular complexity index is 1240. The highest BCUT2D eigenvalue weighted by Gasteiger charge is 2.37. The Morgan fingerprint density at radius 1 is 1.09 bits per heavy atom. The van der Waals surface area contributed by atoms with Crippen LogP contribution in [0.1, 0.15) is 0 Å². The number of hydrogen-bond donors (Lipinski definition) is 0. The first kappa shape index (κ1) is 21.8. The van der Waals surface area contributed by atoms with E-state index in [0.717, 1.165) is 28.6 Å². The van der Waals surface area contributed by atoms with Crippen molar-refractivity contribution in [2.75, 3.05) is 24.5 Å². The lowest BCUT2D eigenvalue weighted by Crippen LogP contribution is -2.56. The molecule has 0 bridgehead atoms. The normalized spacial score (nSPS) is 18.0. The molecule has 1 aromatic carbocycles. The highest BCUT2D eigenvalue weighted by Crippen LogP contribution is 2.27. The average Bonchev–Trinajstić information content (AvgIpc) is 2.77. The molecule has 1 fully saturated rings. The number of rotatable bonds is 5. The van der Waals surface area contributed by atoms with Crippen molar-refractivity contribution < 1.29 is 31.1 Å². The smallest absolute Gasteiger partial charge is 0.406 e. The molecule has 3 aromatic rings. The van der Waals surface area contributed by atoms with Gasteiger partial charge < -0.3 is 14.4 Å². The Labute approximate surface area is 179 Å². The van der Waals surface area contributed by atoms with E-state index in [1.807, 2.05) is 0 Å². The third-order valence-corrected chi connectivity index (χ3v) is 6.66. The van der Waals surface area contributed by atoms with Gasteiger partial charge in [0.1, 0.15) is 29.7 Å². The fourth-order valence-electron chi connectivity index (χ4n) is 3.27. The van der Waals surface area contributed by atoms with Crippen molar-refractivity contribution in [2.45, 2.75) is 17.3 Å². The summed E-state index contributed by atoms with van der Waals surface area (Å²) >= 11 is 0. The third kappa shape index (κ3) is 4.45. The Kier molecular flexibility index (Phi) is 5.64. The molecule has 10 nitrogen and oxygen atoms in total. The number of aromatic nitrogens is 4. The van der Waals surface area contributed by atoms with Gasteiger partial charge in [-0.1, -0.05) is 0 Å². The van der Waals surface area contributed by atoms with E-state index in [2.05, 4.69) is 24.7 Å². The summed E-state index contributed by atoms with van der Waals surface area (Å²) in [5.41, 5.74) is 0.846. The van der Waals surface area contributed by atoms with Gasteiger partial charge >= 0.3 is 6.36 Å². The third-order valence-electron chi connectivity index (χ3n) is 4.72. The van der Waals surface area contributed by atoms with Crippen LogP contribution < -0.4 is 9.64 Å². The molecule has 1 atom stereocenters. The first-order chi connectivity index (χ1) is 15.2. The predicted octanol–water partition coefficient (Wildman–Crippen LogP) is 1.40.